The van der Waals surface area contributed by atoms with E-state index >= 15 is 0 Å². The molecule has 2 rings (SSSR count). The topological polar surface area (TPSA) is 66.0 Å². The number of aliphatic imine (C=N–C) groups is 1. The van der Waals surface area contributed by atoms with Crippen molar-refractivity contribution in [3.8, 4) is 0 Å². The number of nitrogens with zero attached hydrogens (tertiary/aromatic N) is 2. The van der Waals surface area contributed by atoms with Crippen molar-refractivity contribution in [2.45, 2.75) is 58.2 Å². The molecule has 158 valence electrons. The molecule has 1 saturated heterocycles. The van der Waals surface area contributed by atoms with Gasteiger partial charge in [0.1, 0.15) is 0 Å². The molecule has 1 aliphatic heterocycles. The van der Waals surface area contributed by atoms with Gasteiger partial charge in [-0.05, 0) is 38.7 Å². The zero-order valence-corrected chi connectivity index (χ0v) is 19.6. The van der Waals surface area contributed by atoms with E-state index in [0.29, 0.717) is 31.7 Å². The average molecular weight is 502 g/mol. The van der Waals surface area contributed by atoms with Crippen molar-refractivity contribution >= 4 is 35.9 Å². The second kappa shape index (κ2) is 13.8. The van der Waals surface area contributed by atoms with Gasteiger partial charge in [0.25, 0.3) is 0 Å². The van der Waals surface area contributed by atoms with Crippen LogP contribution in [0.3, 0.4) is 0 Å². The molecule has 2 atom stereocenters. The van der Waals surface area contributed by atoms with Crippen LogP contribution in [0.5, 0.6) is 0 Å². The third-order valence-corrected chi connectivity index (χ3v) is 4.96. The van der Waals surface area contributed by atoms with E-state index in [1.165, 1.54) is 5.56 Å². The molecule has 7 heteroatoms. The lowest BCUT2D eigenvalue weighted by molar-refractivity contribution is -0.143. The molecule has 1 aromatic carbocycles. The number of nitrogens with one attached hydrogen (secondary N) is 2. The number of esters is 1. The van der Waals surface area contributed by atoms with Gasteiger partial charge in [0.2, 0.25) is 0 Å². The van der Waals surface area contributed by atoms with Crippen molar-refractivity contribution in [3.05, 3.63) is 35.9 Å². The molecule has 1 aliphatic rings. The Morgan fingerprint density at radius 1 is 1.32 bits per heavy atom. The first kappa shape index (κ1) is 24.7. The highest BCUT2D eigenvalue weighted by Gasteiger charge is 2.25. The van der Waals surface area contributed by atoms with E-state index in [9.17, 15) is 4.79 Å². The normalized spacial score (nSPS) is 20.2. The van der Waals surface area contributed by atoms with Crippen LogP contribution >= 0.6 is 24.0 Å². The molecule has 1 heterocycles. The number of hydrogen-bond donors (Lipinski definition) is 2. The molecule has 1 aromatic rings. The van der Waals surface area contributed by atoms with Crippen molar-refractivity contribution in [3.63, 3.8) is 0 Å². The highest BCUT2D eigenvalue weighted by atomic mass is 127. The van der Waals surface area contributed by atoms with Gasteiger partial charge >= 0.3 is 5.97 Å². The largest absolute Gasteiger partial charge is 0.466 e. The van der Waals surface area contributed by atoms with E-state index in [4.69, 9.17) is 4.74 Å². The summed E-state index contributed by atoms with van der Waals surface area (Å²) < 4.78 is 4.94. The van der Waals surface area contributed by atoms with Crippen LogP contribution in [0.4, 0.5) is 0 Å². The summed E-state index contributed by atoms with van der Waals surface area (Å²) >= 11 is 0. The molecule has 0 radical (unpaired) electrons. The number of guanidine groups is 1. The number of rotatable bonds is 8. The van der Waals surface area contributed by atoms with Gasteiger partial charge in [0.15, 0.2) is 5.96 Å². The molecule has 0 aromatic heterocycles. The van der Waals surface area contributed by atoms with Gasteiger partial charge in [-0.1, -0.05) is 30.3 Å². The number of piperidine rings is 1. The Morgan fingerprint density at radius 2 is 2.07 bits per heavy atom. The van der Waals surface area contributed by atoms with E-state index < -0.39 is 0 Å². The van der Waals surface area contributed by atoms with Gasteiger partial charge in [-0.3, -0.25) is 14.7 Å². The number of benzene rings is 1. The first-order valence-corrected chi connectivity index (χ1v) is 10.0. The van der Waals surface area contributed by atoms with Crippen molar-refractivity contribution < 1.29 is 9.53 Å². The molecule has 28 heavy (non-hydrogen) atoms. The molecule has 0 aliphatic carbocycles. The quantitative estimate of drug-likeness (QED) is 0.188. The van der Waals surface area contributed by atoms with E-state index in [1.807, 2.05) is 6.92 Å². The van der Waals surface area contributed by atoms with Crippen LogP contribution in [0.15, 0.2) is 35.3 Å². The van der Waals surface area contributed by atoms with Gasteiger partial charge in [0.05, 0.1) is 6.61 Å². The van der Waals surface area contributed by atoms with Crippen molar-refractivity contribution in [1.82, 2.24) is 15.5 Å². The molecular formula is C21H35IN4O2. The van der Waals surface area contributed by atoms with Crippen molar-refractivity contribution in [1.29, 1.82) is 0 Å². The number of likely N-dealkylation sites (tertiary alicyclic amines) is 1. The molecule has 2 N–H and O–H groups in total. The Labute approximate surface area is 186 Å². The Bertz CT molecular complexity index is 597. The van der Waals surface area contributed by atoms with Gasteiger partial charge in [-0.25, -0.2) is 0 Å². The van der Waals surface area contributed by atoms with Crippen LogP contribution < -0.4 is 10.6 Å². The Kier molecular flexibility index (Phi) is 12.1. The average Bonchev–Trinajstić information content (AvgIpc) is 2.67. The van der Waals surface area contributed by atoms with E-state index in [0.717, 1.165) is 38.3 Å². The van der Waals surface area contributed by atoms with Crippen LogP contribution in [-0.2, 0) is 16.1 Å². The fourth-order valence-electron chi connectivity index (χ4n) is 3.47. The van der Waals surface area contributed by atoms with Crippen LogP contribution in [0.2, 0.25) is 0 Å². The summed E-state index contributed by atoms with van der Waals surface area (Å²) in [6, 6.07) is 11.6. The highest BCUT2D eigenvalue weighted by molar-refractivity contribution is 14.0. The van der Waals surface area contributed by atoms with Crippen molar-refractivity contribution in [2.75, 3.05) is 26.7 Å². The minimum Gasteiger partial charge on any atom is -0.466 e. The number of hydrogen-bond acceptors (Lipinski definition) is 4. The lowest BCUT2D eigenvalue weighted by Crippen LogP contribution is -2.51. The van der Waals surface area contributed by atoms with E-state index in [-0.39, 0.29) is 29.9 Å². The predicted octanol–water partition coefficient (Wildman–Crippen LogP) is 3.17. The summed E-state index contributed by atoms with van der Waals surface area (Å²) in [5, 5.41) is 6.83. The number of ether oxygens (including phenoxy) is 1. The molecule has 2 unspecified atom stereocenters. The Balaban J connectivity index is 0.00000392. The molecule has 0 amide bonds. The number of carbonyl (C=O) groups is 1. The SMILES string of the molecule is CCOC(=O)CCCNC(=NC)NC1CCN(Cc2ccccc2)C(C)C1.I. The second-order valence-corrected chi connectivity index (χ2v) is 7.08. The zero-order valence-electron chi connectivity index (χ0n) is 17.3. The highest BCUT2D eigenvalue weighted by Crippen LogP contribution is 2.19. The molecule has 0 spiro atoms. The van der Waals surface area contributed by atoms with Gasteiger partial charge in [-0.15, -0.1) is 24.0 Å². The van der Waals surface area contributed by atoms with Crippen molar-refractivity contribution in [2.24, 2.45) is 4.99 Å². The first-order valence-electron chi connectivity index (χ1n) is 10.0. The van der Waals surface area contributed by atoms with Gasteiger partial charge in [0, 0.05) is 45.2 Å². The fraction of sp³-hybridized carbons (Fsp3) is 0.619. The summed E-state index contributed by atoms with van der Waals surface area (Å²) in [4.78, 5) is 18.2. The Hall–Kier alpha value is -1.35. The Morgan fingerprint density at radius 3 is 2.71 bits per heavy atom. The number of halogens is 1. The third-order valence-electron chi connectivity index (χ3n) is 4.96. The maximum Gasteiger partial charge on any atom is 0.305 e. The molecule has 0 saturated carbocycles. The summed E-state index contributed by atoms with van der Waals surface area (Å²) in [6.07, 6.45) is 3.37. The van der Waals surface area contributed by atoms with Gasteiger partial charge < -0.3 is 15.4 Å². The zero-order chi connectivity index (χ0) is 19.5. The third kappa shape index (κ3) is 8.77. The van der Waals surface area contributed by atoms with Gasteiger partial charge in [-0.2, -0.15) is 0 Å². The van der Waals surface area contributed by atoms with Crippen LogP contribution in [0, 0.1) is 0 Å². The standard InChI is InChI=1S/C21H34N4O2.HI/c1-4-27-20(26)11-8-13-23-21(22-3)24-19-12-14-25(17(2)15-19)16-18-9-6-5-7-10-18;/h5-7,9-10,17,19H,4,8,11-16H2,1-3H3,(H2,22,23,24);1H. The van der Waals surface area contributed by atoms with Crippen LogP contribution in [-0.4, -0.2) is 55.7 Å². The summed E-state index contributed by atoms with van der Waals surface area (Å²) in [6.45, 7) is 7.36. The monoisotopic (exact) mass is 502 g/mol. The maximum absolute atomic E-state index is 11.4. The molecule has 0 bridgehead atoms. The van der Waals surface area contributed by atoms with E-state index in [1.54, 1.807) is 7.05 Å². The molecular weight excluding hydrogens is 467 g/mol. The minimum atomic E-state index is -0.137. The maximum atomic E-state index is 11.4. The summed E-state index contributed by atoms with van der Waals surface area (Å²) in [5.41, 5.74) is 1.37. The van der Waals surface area contributed by atoms with Crippen LogP contribution in [0.25, 0.3) is 0 Å². The lowest BCUT2D eigenvalue weighted by atomic mass is 9.97. The minimum absolute atomic E-state index is 0. The predicted molar refractivity (Wildman–Crippen MR) is 125 cm³/mol. The summed E-state index contributed by atoms with van der Waals surface area (Å²) in [7, 11) is 1.79. The second-order valence-electron chi connectivity index (χ2n) is 7.08. The lowest BCUT2D eigenvalue weighted by Gasteiger charge is -2.38. The summed E-state index contributed by atoms with van der Waals surface area (Å²) in [5.74, 6) is 0.675. The number of carbonyl (C=O) groups excluding carboxylic acids is 1. The van der Waals surface area contributed by atoms with E-state index in [2.05, 4.69) is 57.8 Å². The first-order chi connectivity index (χ1) is 13.1. The molecule has 6 nitrogen and oxygen atoms in total. The molecule has 1 fully saturated rings. The van der Waals surface area contributed by atoms with Crippen LogP contribution in [0.1, 0.15) is 45.1 Å². The smallest absolute Gasteiger partial charge is 0.305 e. The fourth-order valence-corrected chi connectivity index (χ4v) is 3.47.